The lowest BCUT2D eigenvalue weighted by atomic mass is 10.1. The predicted molar refractivity (Wildman–Crippen MR) is 59.2 cm³/mol. The van der Waals surface area contributed by atoms with Gasteiger partial charge >= 0.3 is 6.09 Å². The summed E-state index contributed by atoms with van der Waals surface area (Å²) >= 11 is 0. The first-order chi connectivity index (χ1) is 8.22. The SMILES string of the molecule is O=C(CO)N1C(=O)OC[C@H]1Cc1ccccc1. The van der Waals surface area contributed by atoms with Crippen LogP contribution in [0.15, 0.2) is 30.3 Å². The van der Waals surface area contributed by atoms with Crippen LogP contribution in [0, 0.1) is 0 Å². The van der Waals surface area contributed by atoms with Crippen molar-refractivity contribution in [2.75, 3.05) is 13.2 Å². The van der Waals surface area contributed by atoms with Crippen molar-refractivity contribution in [3.05, 3.63) is 35.9 Å². The Labute approximate surface area is 98.6 Å². The Morgan fingerprint density at radius 1 is 1.41 bits per heavy atom. The Balaban J connectivity index is 2.10. The van der Waals surface area contributed by atoms with Gasteiger partial charge in [0.1, 0.15) is 13.2 Å². The largest absolute Gasteiger partial charge is 0.447 e. The number of carbonyl (C=O) groups excluding carboxylic acids is 2. The van der Waals surface area contributed by atoms with Gasteiger partial charge in [-0.05, 0) is 12.0 Å². The van der Waals surface area contributed by atoms with E-state index in [1.807, 2.05) is 30.3 Å². The molecule has 1 aromatic rings. The van der Waals surface area contributed by atoms with Crippen molar-refractivity contribution in [3.8, 4) is 0 Å². The molecule has 5 heteroatoms. The minimum atomic E-state index is -0.680. The van der Waals surface area contributed by atoms with Crippen LogP contribution >= 0.6 is 0 Å². The Morgan fingerprint density at radius 2 is 2.12 bits per heavy atom. The molecule has 1 heterocycles. The van der Waals surface area contributed by atoms with Crippen molar-refractivity contribution >= 4 is 12.0 Å². The van der Waals surface area contributed by atoms with E-state index in [0.29, 0.717) is 6.42 Å². The van der Waals surface area contributed by atoms with E-state index in [2.05, 4.69) is 0 Å². The molecule has 90 valence electrons. The van der Waals surface area contributed by atoms with Gasteiger partial charge in [0.25, 0.3) is 5.91 Å². The fraction of sp³-hybridized carbons (Fsp3) is 0.333. The van der Waals surface area contributed by atoms with E-state index < -0.39 is 18.6 Å². The molecule has 0 aliphatic carbocycles. The van der Waals surface area contributed by atoms with Crippen molar-refractivity contribution in [1.82, 2.24) is 4.90 Å². The maximum absolute atomic E-state index is 11.4. The number of rotatable bonds is 3. The number of benzene rings is 1. The summed E-state index contributed by atoms with van der Waals surface area (Å²) in [6, 6.07) is 9.20. The molecule has 1 aromatic carbocycles. The van der Waals surface area contributed by atoms with Gasteiger partial charge in [0.2, 0.25) is 0 Å². The molecule has 5 nitrogen and oxygen atoms in total. The van der Waals surface area contributed by atoms with Gasteiger partial charge in [-0.2, -0.15) is 0 Å². The Kier molecular flexibility index (Phi) is 3.39. The second kappa shape index (κ2) is 4.97. The molecule has 0 unspecified atom stereocenters. The molecule has 1 N–H and O–H groups in total. The summed E-state index contributed by atoms with van der Waals surface area (Å²) in [6.45, 7) is -0.500. The van der Waals surface area contributed by atoms with Crippen molar-refractivity contribution < 1.29 is 19.4 Å². The second-order valence-corrected chi connectivity index (χ2v) is 3.84. The van der Waals surface area contributed by atoms with Crippen LogP contribution in [-0.2, 0) is 16.0 Å². The van der Waals surface area contributed by atoms with Gasteiger partial charge in [-0.25, -0.2) is 9.69 Å². The molecular weight excluding hydrogens is 222 g/mol. The monoisotopic (exact) mass is 235 g/mol. The van der Waals surface area contributed by atoms with Gasteiger partial charge in [-0.1, -0.05) is 30.3 Å². The molecule has 1 aliphatic heterocycles. The number of imide groups is 1. The number of nitrogens with zero attached hydrogens (tertiary/aromatic N) is 1. The summed E-state index contributed by atoms with van der Waals surface area (Å²) in [5.74, 6) is -0.617. The van der Waals surface area contributed by atoms with Gasteiger partial charge in [-0.15, -0.1) is 0 Å². The van der Waals surface area contributed by atoms with Crippen LogP contribution in [0.4, 0.5) is 4.79 Å². The number of ether oxygens (including phenoxy) is 1. The number of carbonyl (C=O) groups is 2. The minimum absolute atomic E-state index is 0.180. The van der Waals surface area contributed by atoms with Crippen molar-refractivity contribution in [1.29, 1.82) is 0 Å². The first-order valence-electron chi connectivity index (χ1n) is 5.36. The molecule has 2 amide bonds. The predicted octanol–water partition coefficient (Wildman–Crippen LogP) is 0.569. The van der Waals surface area contributed by atoms with Crippen LogP contribution in [0.5, 0.6) is 0 Å². The molecule has 0 radical (unpaired) electrons. The van der Waals surface area contributed by atoms with Crippen LogP contribution in [0.1, 0.15) is 5.56 Å². The average molecular weight is 235 g/mol. The molecule has 0 bridgehead atoms. The highest BCUT2D eigenvalue weighted by atomic mass is 16.6. The number of cyclic esters (lactones) is 1. The smallest absolute Gasteiger partial charge is 0.417 e. The number of amides is 2. The Morgan fingerprint density at radius 3 is 2.76 bits per heavy atom. The van der Waals surface area contributed by atoms with Crippen LogP contribution in [0.2, 0.25) is 0 Å². The maximum Gasteiger partial charge on any atom is 0.417 e. The zero-order valence-electron chi connectivity index (χ0n) is 9.20. The van der Waals surface area contributed by atoms with E-state index in [1.54, 1.807) is 0 Å². The molecule has 1 atom stereocenters. The van der Waals surface area contributed by atoms with Crippen molar-refractivity contribution in [3.63, 3.8) is 0 Å². The zero-order valence-corrected chi connectivity index (χ0v) is 9.20. The van der Waals surface area contributed by atoms with Gasteiger partial charge in [0.05, 0.1) is 6.04 Å². The highest BCUT2D eigenvalue weighted by Gasteiger charge is 2.37. The highest BCUT2D eigenvalue weighted by Crippen LogP contribution is 2.17. The second-order valence-electron chi connectivity index (χ2n) is 3.84. The van der Waals surface area contributed by atoms with Crippen molar-refractivity contribution in [2.45, 2.75) is 12.5 Å². The number of hydrogen-bond donors (Lipinski definition) is 1. The Bertz CT molecular complexity index is 418. The average Bonchev–Trinajstić information content (AvgIpc) is 2.71. The van der Waals surface area contributed by atoms with Crippen LogP contribution in [0.3, 0.4) is 0 Å². The lowest BCUT2D eigenvalue weighted by molar-refractivity contribution is -0.132. The fourth-order valence-corrected chi connectivity index (χ4v) is 1.88. The molecule has 1 fully saturated rings. The number of aliphatic hydroxyl groups is 1. The van der Waals surface area contributed by atoms with Crippen LogP contribution in [-0.4, -0.2) is 41.3 Å². The number of hydrogen-bond acceptors (Lipinski definition) is 4. The van der Waals surface area contributed by atoms with Crippen LogP contribution in [0.25, 0.3) is 0 Å². The third kappa shape index (κ3) is 2.45. The molecular formula is C12H13NO4. The zero-order chi connectivity index (χ0) is 12.3. The fourth-order valence-electron chi connectivity index (χ4n) is 1.88. The van der Waals surface area contributed by atoms with E-state index in [4.69, 9.17) is 9.84 Å². The standard InChI is InChI=1S/C12H13NO4/c14-7-11(15)13-10(8-17-12(13)16)6-9-4-2-1-3-5-9/h1-5,10,14H,6-8H2/t10-/m1/s1. The quantitative estimate of drug-likeness (QED) is 0.831. The minimum Gasteiger partial charge on any atom is -0.447 e. The van der Waals surface area contributed by atoms with Gasteiger partial charge in [0.15, 0.2) is 0 Å². The summed E-state index contributed by atoms with van der Waals surface area (Å²) in [4.78, 5) is 23.7. The lowest BCUT2D eigenvalue weighted by Crippen LogP contribution is -2.41. The van der Waals surface area contributed by atoms with Gasteiger partial charge in [0, 0.05) is 0 Å². The lowest BCUT2D eigenvalue weighted by Gasteiger charge is -2.18. The molecule has 1 saturated heterocycles. The van der Waals surface area contributed by atoms with E-state index in [-0.39, 0.29) is 12.6 Å². The van der Waals surface area contributed by atoms with Gasteiger partial charge < -0.3 is 9.84 Å². The Hall–Kier alpha value is -1.88. The molecule has 2 rings (SSSR count). The maximum atomic E-state index is 11.4. The summed E-state index contributed by atoms with van der Waals surface area (Å²) in [7, 11) is 0. The third-order valence-corrected chi connectivity index (χ3v) is 2.68. The first kappa shape index (κ1) is 11.6. The van der Waals surface area contributed by atoms with Gasteiger partial charge in [-0.3, -0.25) is 4.79 Å². The normalized spacial score (nSPS) is 19.2. The molecule has 17 heavy (non-hydrogen) atoms. The summed E-state index contributed by atoms with van der Waals surface area (Å²) in [5, 5.41) is 8.80. The summed E-state index contributed by atoms with van der Waals surface area (Å²) < 4.78 is 4.83. The van der Waals surface area contributed by atoms with E-state index in [0.717, 1.165) is 10.5 Å². The molecule has 0 aromatic heterocycles. The number of aliphatic hydroxyl groups excluding tert-OH is 1. The third-order valence-electron chi connectivity index (χ3n) is 2.68. The summed E-state index contributed by atoms with van der Waals surface area (Å²) in [5.41, 5.74) is 1.02. The highest BCUT2D eigenvalue weighted by molar-refractivity contribution is 5.94. The summed E-state index contributed by atoms with van der Waals surface area (Å²) in [6.07, 6.45) is -0.136. The molecule has 0 saturated carbocycles. The van der Waals surface area contributed by atoms with Crippen molar-refractivity contribution in [2.24, 2.45) is 0 Å². The molecule has 0 spiro atoms. The van der Waals surface area contributed by atoms with Crippen LogP contribution < -0.4 is 0 Å². The first-order valence-corrected chi connectivity index (χ1v) is 5.36. The topological polar surface area (TPSA) is 66.8 Å². The molecule has 1 aliphatic rings. The van der Waals surface area contributed by atoms with E-state index in [1.165, 1.54) is 0 Å². The van der Waals surface area contributed by atoms with E-state index in [9.17, 15) is 9.59 Å². The van der Waals surface area contributed by atoms with E-state index >= 15 is 0 Å².